The number of nitrogens with one attached hydrogen (secondary N) is 1. The summed E-state index contributed by atoms with van der Waals surface area (Å²) in [4.78, 5) is 1.67. The van der Waals surface area contributed by atoms with Gasteiger partial charge in [0.25, 0.3) is 0 Å². The van der Waals surface area contributed by atoms with Gasteiger partial charge in [-0.25, -0.2) is 0 Å². The van der Waals surface area contributed by atoms with E-state index in [0.29, 0.717) is 5.92 Å². The summed E-state index contributed by atoms with van der Waals surface area (Å²) in [6.07, 6.45) is 1.81. The standard InChI is InChI=1S/C14H20N4/c1-11(2)8-15-9-13-10-16-18(17-13)14-6-4-12(3)5-7-14/h4-7,10-11,15H,8-9H2,1-3H3. The zero-order valence-electron chi connectivity index (χ0n) is 11.2. The number of benzene rings is 1. The molecule has 0 spiro atoms. The van der Waals surface area contributed by atoms with Gasteiger partial charge in [-0.05, 0) is 31.5 Å². The van der Waals surface area contributed by atoms with Gasteiger partial charge in [-0.2, -0.15) is 15.0 Å². The largest absolute Gasteiger partial charge is 0.311 e. The van der Waals surface area contributed by atoms with Gasteiger partial charge in [0.05, 0.1) is 17.6 Å². The van der Waals surface area contributed by atoms with E-state index in [2.05, 4.69) is 48.4 Å². The molecule has 0 radical (unpaired) electrons. The predicted molar refractivity (Wildman–Crippen MR) is 72.6 cm³/mol. The zero-order valence-corrected chi connectivity index (χ0v) is 11.2. The molecule has 1 aromatic heterocycles. The van der Waals surface area contributed by atoms with Crippen LogP contribution < -0.4 is 5.32 Å². The summed E-state index contributed by atoms with van der Waals surface area (Å²) in [6, 6.07) is 8.19. The van der Waals surface area contributed by atoms with E-state index in [4.69, 9.17) is 0 Å². The van der Waals surface area contributed by atoms with Crippen LogP contribution in [-0.2, 0) is 6.54 Å². The Bertz CT molecular complexity index is 485. The first-order chi connectivity index (χ1) is 8.65. The number of aryl methyl sites for hydroxylation is 1. The van der Waals surface area contributed by atoms with E-state index in [1.807, 2.05) is 18.3 Å². The molecule has 0 bridgehead atoms. The Morgan fingerprint density at radius 3 is 2.61 bits per heavy atom. The molecule has 1 N–H and O–H groups in total. The Hall–Kier alpha value is -1.68. The smallest absolute Gasteiger partial charge is 0.0969 e. The Morgan fingerprint density at radius 1 is 1.22 bits per heavy atom. The lowest BCUT2D eigenvalue weighted by Crippen LogP contribution is -2.19. The maximum atomic E-state index is 4.45. The van der Waals surface area contributed by atoms with Gasteiger partial charge in [-0.3, -0.25) is 0 Å². The average molecular weight is 244 g/mol. The van der Waals surface area contributed by atoms with Gasteiger partial charge in [-0.1, -0.05) is 31.5 Å². The van der Waals surface area contributed by atoms with Crippen molar-refractivity contribution in [3.05, 3.63) is 41.7 Å². The average Bonchev–Trinajstić information content (AvgIpc) is 2.78. The third kappa shape index (κ3) is 3.40. The fourth-order valence-corrected chi connectivity index (χ4v) is 1.67. The van der Waals surface area contributed by atoms with E-state index < -0.39 is 0 Å². The van der Waals surface area contributed by atoms with Crippen LogP contribution in [0.3, 0.4) is 0 Å². The monoisotopic (exact) mass is 244 g/mol. The topological polar surface area (TPSA) is 42.7 Å². The van der Waals surface area contributed by atoms with Crippen LogP contribution in [0.1, 0.15) is 25.1 Å². The van der Waals surface area contributed by atoms with Crippen LogP contribution in [0.25, 0.3) is 5.69 Å². The fourth-order valence-electron chi connectivity index (χ4n) is 1.67. The number of hydrogen-bond acceptors (Lipinski definition) is 3. The third-order valence-corrected chi connectivity index (χ3v) is 2.66. The van der Waals surface area contributed by atoms with Gasteiger partial charge in [0.2, 0.25) is 0 Å². The first-order valence-electron chi connectivity index (χ1n) is 6.34. The molecule has 4 nitrogen and oxygen atoms in total. The van der Waals surface area contributed by atoms with Crippen LogP contribution in [0.15, 0.2) is 30.5 Å². The number of nitrogens with zero attached hydrogens (tertiary/aromatic N) is 3. The molecule has 0 aliphatic rings. The van der Waals surface area contributed by atoms with Crippen molar-refractivity contribution in [3.63, 3.8) is 0 Å². The first kappa shape index (κ1) is 12.8. The molecule has 1 heterocycles. The van der Waals surface area contributed by atoms with Crippen molar-refractivity contribution in [2.45, 2.75) is 27.3 Å². The van der Waals surface area contributed by atoms with Crippen LogP contribution in [0.2, 0.25) is 0 Å². The van der Waals surface area contributed by atoms with Crippen molar-refractivity contribution in [1.29, 1.82) is 0 Å². The number of hydrogen-bond donors (Lipinski definition) is 1. The minimum Gasteiger partial charge on any atom is -0.311 e. The summed E-state index contributed by atoms with van der Waals surface area (Å²) in [5, 5.41) is 12.1. The zero-order chi connectivity index (χ0) is 13.0. The van der Waals surface area contributed by atoms with Crippen molar-refractivity contribution < 1.29 is 0 Å². The van der Waals surface area contributed by atoms with Crippen molar-refractivity contribution in [2.75, 3.05) is 6.54 Å². The molecule has 0 saturated heterocycles. The van der Waals surface area contributed by atoms with Gasteiger partial charge in [0, 0.05) is 6.54 Å². The predicted octanol–water partition coefficient (Wildman–Crippen LogP) is 2.32. The molecule has 0 fully saturated rings. The minimum absolute atomic E-state index is 0.650. The molecule has 4 heteroatoms. The van der Waals surface area contributed by atoms with Crippen molar-refractivity contribution in [2.24, 2.45) is 5.92 Å². The van der Waals surface area contributed by atoms with E-state index >= 15 is 0 Å². The van der Waals surface area contributed by atoms with Crippen LogP contribution in [0.4, 0.5) is 0 Å². The normalized spacial score (nSPS) is 11.1. The van der Waals surface area contributed by atoms with Crippen molar-refractivity contribution >= 4 is 0 Å². The van der Waals surface area contributed by atoms with Crippen molar-refractivity contribution in [3.8, 4) is 5.69 Å². The Balaban J connectivity index is 1.99. The quantitative estimate of drug-likeness (QED) is 0.877. The van der Waals surface area contributed by atoms with Gasteiger partial charge in [-0.15, -0.1) is 0 Å². The van der Waals surface area contributed by atoms with Crippen LogP contribution in [0, 0.1) is 12.8 Å². The SMILES string of the molecule is Cc1ccc(-n2ncc(CNCC(C)C)n2)cc1. The van der Waals surface area contributed by atoms with E-state index in [1.165, 1.54) is 5.56 Å². The summed E-state index contributed by atoms with van der Waals surface area (Å²) in [6.45, 7) is 8.22. The van der Waals surface area contributed by atoms with E-state index in [9.17, 15) is 0 Å². The number of aromatic nitrogens is 3. The van der Waals surface area contributed by atoms with Crippen LogP contribution in [0.5, 0.6) is 0 Å². The first-order valence-corrected chi connectivity index (χ1v) is 6.34. The molecule has 0 aliphatic carbocycles. The van der Waals surface area contributed by atoms with Crippen LogP contribution in [-0.4, -0.2) is 21.5 Å². The maximum Gasteiger partial charge on any atom is 0.0969 e. The molecule has 18 heavy (non-hydrogen) atoms. The highest BCUT2D eigenvalue weighted by Crippen LogP contribution is 2.07. The molecule has 2 aromatic rings. The maximum absolute atomic E-state index is 4.45. The summed E-state index contributed by atoms with van der Waals surface area (Å²) in [5.41, 5.74) is 3.21. The molecule has 0 saturated carbocycles. The summed E-state index contributed by atoms with van der Waals surface area (Å²) in [5.74, 6) is 0.650. The van der Waals surface area contributed by atoms with Gasteiger partial charge in [0.15, 0.2) is 0 Å². The van der Waals surface area contributed by atoms with Gasteiger partial charge < -0.3 is 5.32 Å². The lowest BCUT2D eigenvalue weighted by atomic mass is 10.2. The summed E-state index contributed by atoms with van der Waals surface area (Å²) >= 11 is 0. The number of rotatable bonds is 5. The fraction of sp³-hybridized carbons (Fsp3) is 0.429. The van der Waals surface area contributed by atoms with E-state index in [0.717, 1.165) is 24.5 Å². The molecule has 0 aliphatic heterocycles. The second kappa shape index (κ2) is 5.78. The Labute approximate surface area is 108 Å². The minimum atomic E-state index is 0.650. The Morgan fingerprint density at radius 2 is 1.94 bits per heavy atom. The van der Waals surface area contributed by atoms with Gasteiger partial charge >= 0.3 is 0 Å². The highest BCUT2D eigenvalue weighted by Gasteiger charge is 2.02. The molecule has 1 aromatic carbocycles. The second-order valence-electron chi connectivity index (χ2n) is 4.99. The molecule has 0 atom stereocenters. The molecule has 0 unspecified atom stereocenters. The van der Waals surface area contributed by atoms with E-state index in [1.54, 1.807) is 4.80 Å². The molecule has 0 amide bonds. The highest BCUT2D eigenvalue weighted by atomic mass is 15.5. The molecule has 2 rings (SSSR count). The summed E-state index contributed by atoms with van der Waals surface area (Å²) in [7, 11) is 0. The van der Waals surface area contributed by atoms with Crippen molar-refractivity contribution in [1.82, 2.24) is 20.3 Å². The lowest BCUT2D eigenvalue weighted by Gasteiger charge is -2.04. The summed E-state index contributed by atoms with van der Waals surface area (Å²) < 4.78 is 0. The lowest BCUT2D eigenvalue weighted by molar-refractivity contribution is 0.546. The molecular formula is C14H20N4. The molecule has 96 valence electrons. The third-order valence-electron chi connectivity index (χ3n) is 2.66. The molecular weight excluding hydrogens is 224 g/mol. The van der Waals surface area contributed by atoms with Gasteiger partial charge in [0.1, 0.15) is 0 Å². The Kier molecular flexibility index (Phi) is 4.10. The van der Waals surface area contributed by atoms with Crippen LogP contribution >= 0.6 is 0 Å². The van der Waals surface area contributed by atoms with E-state index in [-0.39, 0.29) is 0 Å². The highest BCUT2D eigenvalue weighted by molar-refractivity contribution is 5.32. The second-order valence-corrected chi connectivity index (χ2v) is 4.99.